The molecule has 0 fully saturated rings. The molecular weight excluding hydrogens is 392 g/mol. The van der Waals surface area contributed by atoms with Gasteiger partial charge in [0, 0.05) is 18.2 Å². The van der Waals surface area contributed by atoms with Crippen LogP contribution in [0.4, 0.5) is 0 Å². The number of halogens is 1. The number of primary sulfonamides is 1. The van der Waals surface area contributed by atoms with E-state index in [1.807, 2.05) is 6.07 Å². The van der Waals surface area contributed by atoms with Crippen LogP contribution < -0.4 is 37.1 Å². The lowest BCUT2D eigenvalue weighted by Crippen LogP contribution is -3.00. The summed E-state index contributed by atoms with van der Waals surface area (Å²) in [6.07, 6.45) is 0.751. The molecule has 0 aliphatic carbocycles. The van der Waals surface area contributed by atoms with E-state index in [-0.39, 0.29) is 17.3 Å². The number of hydrogen-bond acceptors (Lipinski definition) is 6. The van der Waals surface area contributed by atoms with Crippen molar-refractivity contribution >= 4 is 10.0 Å². The Bertz CT molecular complexity index is 842. The fourth-order valence-electron chi connectivity index (χ4n) is 2.53. The first-order valence-electron chi connectivity index (χ1n) is 8.00. The molecule has 0 saturated heterocycles. The second-order valence-electron chi connectivity index (χ2n) is 5.63. The number of nitrogens with one attached hydrogen (secondary N) is 1. The smallest absolute Gasteiger partial charge is 0.238 e. The highest BCUT2D eigenvalue weighted by Crippen LogP contribution is 2.34. The Labute approximate surface area is 166 Å². The Morgan fingerprint density at radius 3 is 2.00 bits per heavy atom. The van der Waals surface area contributed by atoms with Crippen LogP contribution in [0.15, 0.2) is 41.3 Å². The number of methoxy groups -OCH3 is 3. The van der Waals surface area contributed by atoms with Gasteiger partial charge in [0.2, 0.25) is 10.0 Å². The molecule has 0 amide bonds. The molecule has 0 bridgehead atoms. The van der Waals surface area contributed by atoms with Crippen LogP contribution in [0.3, 0.4) is 0 Å². The lowest BCUT2D eigenvalue weighted by molar-refractivity contribution is -0.00000884. The minimum Gasteiger partial charge on any atom is -1.00 e. The van der Waals surface area contributed by atoms with Gasteiger partial charge in [-0.25, -0.2) is 13.6 Å². The van der Waals surface area contributed by atoms with Crippen LogP contribution in [-0.2, 0) is 23.0 Å². The molecular formula is C18H24ClN2O5S-. The highest BCUT2D eigenvalue weighted by atomic mass is 35.5. The maximum Gasteiger partial charge on any atom is 0.238 e. The van der Waals surface area contributed by atoms with Crippen LogP contribution in [0, 0.1) is 0 Å². The van der Waals surface area contributed by atoms with Crippen molar-refractivity contribution in [3.63, 3.8) is 0 Å². The van der Waals surface area contributed by atoms with E-state index in [4.69, 9.17) is 19.3 Å². The van der Waals surface area contributed by atoms with Gasteiger partial charge in [-0.1, -0.05) is 12.1 Å². The monoisotopic (exact) mass is 415 g/mol. The molecule has 9 heteroatoms. The van der Waals surface area contributed by atoms with Gasteiger partial charge in [0.25, 0.3) is 0 Å². The van der Waals surface area contributed by atoms with Gasteiger partial charge < -0.3 is 31.9 Å². The largest absolute Gasteiger partial charge is 1.00 e. The molecule has 2 aromatic rings. The summed E-state index contributed by atoms with van der Waals surface area (Å²) in [6, 6.07) is 10.2. The third-order valence-corrected chi connectivity index (χ3v) is 4.87. The van der Waals surface area contributed by atoms with Crippen molar-refractivity contribution in [3.05, 3.63) is 47.5 Å². The van der Waals surface area contributed by atoms with Crippen LogP contribution in [0.1, 0.15) is 11.1 Å². The van der Waals surface area contributed by atoms with Gasteiger partial charge in [-0.15, -0.1) is 0 Å². The average molecular weight is 416 g/mol. The normalized spacial score (nSPS) is 10.8. The Hall–Kier alpha value is -2.00. The molecule has 2 aromatic carbocycles. The molecule has 0 unspecified atom stereocenters. The number of sulfonamides is 1. The van der Waals surface area contributed by atoms with Gasteiger partial charge in [0.05, 0.1) is 26.2 Å². The van der Waals surface area contributed by atoms with Crippen LogP contribution in [0.2, 0.25) is 0 Å². The summed E-state index contributed by atoms with van der Waals surface area (Å²) in [5.74, 6) is 1.97. The molecule has 27 heavy (non-hydrogen) atoms. The predicted molar refractivity (Wildman–Crippen MR) is 99.3 cm³/mol. The van der Waals surface area contributed by atoms with Crippen LogP contribution >= 0.6 is 0 Å². The van der Waals surface area contributed by atoms with E-state index in [1.165, 1.54) is 12.1 Å². The maximum absolute atomic E-state index is 11.3. The van der Waals surface area contributed by atoms with E-state index in [0.717, 1.165) is 17.5 Å². The minimum absolute atomic E-state index is 0. The SMILES string of the molecule is COc1cc(OC)c(OC)cc1CNCCc1ccc(S(N)(=O)=O)cc1.[Cl-]. The standard InChI is InChI=1S/C18H24N2O5S.ClH/c1-23-16-11-18(25-3)17(24-2)10-14(16)12-20-9-8-13-4-6-15(7-5-13)26(19,21)22;/h4-7,10-11,20H,8-9,12H2,1-3H3,(H2,19,21,22);1H/p-1. The summed E-state index contributed by atoms with van der Waals surface area (Å²) in [5, 5.41) is 8.43. The first-order chi connectivity index (χ1) is 12.4. The van der Waals surface area contributed by atoms with Crippen LogP contribution in [0.25, 0.3) is 0 Å². The molecule has 0 aromatic heterocycles. The van der Waals surface area contributed by atoms with Gasteiger partial charge in [-0.2, -0.15) is 0 Å². The third-order valence-electron chi connectivity index (χ3n) is 3.94. The number of ether oxygens (including phenoxy) is 3. The molecule has 0 saturated carbocycles. The van der Waals surface area contributed by atoms with Crippen molar-refractivity contribution in [2.75, 3.05) is 27.9 Å². The highest BCUT2D eigenvalue weighted by molar-refractivity contribution is 7.89. The van der Waals surface area contributed by atoms with Gasteiger partial charge in [-0.05, 0) is 36.7 Å². The molecule has 0 spiro atoms. The van der Waals surface area contributed by atoms with E-state index < -0.39 is 10.0 Å². The average Bonchev–Trinajstić information content (AvgIpc) is 2.64. The predicted octanol–water partition coefficient (Wildman–Crippen LogP) is -1.30. The van der Waals surface area contributed by atoms with Crippen molar-refractivity contribution in [1.29, 1.82) is 0 Å². The van der Waals surface area contributed by atoms with Gasteiger partial charge in [0.15, 0.2) is 11.5 Å². The van der Waals surface area contributed by atoms with E-state index in [0.29, 0.717) is 30.3 Å². The third kappa shape index (κ3) is 6.28. The topological polar surface area (TPSA) is 99.9 Å². The number of nitrogens with two attached hydrogens (primary N) is 1. The molecule has 3 N–H and O–H groups in total. The first-order valence-corrected chi connectivity index (χ1v) is 9.55. The zero-order chi connectivity index (χ0) is 19.2. The van der Waals surface area contributed by atoms with Crippen molar-refractivity contribution in [2.45, 2.75) is 17.9 Å². The summed E-state index contributed by atoms with van der Waals surface area (Å²) in [5.41, 5.74) is 1.97. The lowest BCUT2D eigenvalue weighted by Gasteiger charge is -2.14. The van der Waals surface area contributed by atoms with Crippen molar-refractivity contribution in [1.82, 2.24) is 5.32 Å². The lowest BCUT2D eigenvalue weighted by atomic mass is 10.1. The van der Waals surface area contributed by atoms with E-state index in [1.54, 1.807) is 39.5 Å². The Balaban J connectivity index is 0.00000364. The second kappa shape index (κ2) is 10.4. The van der Waals surface area contributed by atoms with E-state index in [9.17, 15) is 8.42 Å². The molecule has 0 radical (unpaired) electrons. The Morgan fingerprint density at radius 2 is 1.48 bits per heavy atom. The molecule has 0 aliphatic rings. The fourth-order valence-corrected chi connectivity index (χ4v) is 3.05. The number of hydrogen-bond donors (Lipinski definition) is 2. The number of rotatable bonds is 9. The van der Waals surface area contributed by atoms with Crippen molar-refractivity contribution < 1.29 is 35.0 Å². The molecule has 0 heterocycles. The number of benzene rings is 2. The summed E-state index contributed by atoms with van der Waals surface area (Å²) in [6.45, 7) is 1.31. The molecule has 0 atom stereocenters. The molecule has 0 aliphatic heterocycles. The summed E-state index contributed by atoms with van der Waals surface area (Å²) < 4.78 is 38.5. The summed E-state index contributed by atoms with van der Waals surface area (Å²) >= 11 is 0. The Kier molecular flexibility index (Phi) is 8.84. The highest BCUT2D eigenvalue weighted by Gasteiger charge is 2.11. The van der Waals surface area contributed by atoms with Crippen molar-refractivity contribution in [2.24, 2.45) is 5.14 Å². The Morgan fingerprint density at radius 1 is 0.926 bits per heavy atom. The first kappa shape index (κ1) is 23.0. The summed E-state index contributed by atoms with van der Waals surface area (Å²) in [7, 11) is 1.13. The van der Waals surface area contributed by atoms with Gasteiger partial charge in [0.1, 0.15) is 5.75 Å². The fraction of sp³-hybridized carbons (Fsp3) is 0.333. The van der Waals surface area contributed by atoms with Gasteiger partial charge >= 0.3 is 0 Å². The second-order valence-corrected chi connectivity index (χ2v) is 7.20. The summed E-state index contributed by atoms with van der Waals surface area (Å²) in [4.78, 5) is 0.115. The minimum atomic E-state index is -3.65. The van der Waals surface area contributed by atoms with E-state index >= 15 is 0 Å². The zero-order valence-electron chi connectivity index (χ0n) is 15.5. The molecule has 7 nitrogen and oxygen atoms in total. The van der Waals surface area contributed by atoms with Crippen LogP contribution in [0.5, 0.6) is 17.2 Å². The molecule has 150 valence electrons. The van der Waals surface area contributed by atoms with E-state index in [2.05, 4.69) is 5.32 Å². The molecule has 2 rings (SSSR count). The van der Waals surface area contributed by atoms with Crippen molar-refractivity contribution in [3.8, 4) is 17.2 Å². The zero-order valence-corrected chi connectivity index (χ0v) is 17.1. The maximum atomic E-state index is 11.3. The van der Waals surface area contributed by atoms with Gasteiger partial charge in [-0.3, -0.25) is 0 Å². The quantitative estimate of drug-likeness (QED) is 0.494. The van der Waals surface area contributed by atoms with Crippen LogP contribution in [-0.4, -0.2) is 36.3 Å².